The van der Waals surface area contributed by atoms with E-state index in [9.17, 15) is 18.0 Å². The number of aromatic nitrogens is 3. The summed E-state index contributed by atoms with van der Waals surface area (Å²) >= 11 is 0. The van der Waals surface area contributed by atoms with Gasteiger partial charge in [0.25, 0.3) is 0 Å². The van der Waals surface area contributed by atoms with Crippen LogP contribution in [0.25, 0.3) is 5.65 Å². The Balaban J connectivity index is 2.62. The van der Waals surface area contributed by atoms with E-state index in [1.807, 2.05) is 0 Å². The van der Waals surface area contributed by atoms with Gasteiger partial charge in [0.15, 0.2) is 5.65 Å². The summed E-state index contributed by atoms with van der Waals surface area (Å²) in [5.74, 6) is -1.15. The van der Waals surface area contributed by atoms with Crippen molar-refractivity contribution in [3.8, 4) is 0 Å². The fraction of sp³-hybridized carbons (Fsp3) is 0.222. The zero-order valence-electron chi connectivity index (χ0n) is 8.52. The predicted octanol–water partition coefficient (Wildman–Crippen LogP) is 1.53. The molecule has 2 heterocycles. The van der Waals surface area contributed by atoms with Gasteiger partial charge in [-0.25, -0.2) is 4.79 Å². The number of carbonyl (C=O) groups excluding carboxylic acids is 1. The minimum atomic E-state index is -4.49. The summed E-state index contributed by atoms with van der Waals surface area (Å²) in [6.07, 6.45) is -3.74. The number of fused-ring (bicyclic) bond motifs is 1. The van der Waals surface area contributed by atoms with Crippen LogP contribution in [-0.4, -0.2) is 27.7 Å². The van der Waals surface area contributed by atoms with Crippen LogP contribution >= 0.6 is 0 Å². The molecule has 0 radical (unpaired) electrons. The summed E-state index contributed by atoms with van der Waals surface area (Å²) in [6.45, 7) is 0. The van der Waals surface area contributed by atoms with E-state index < -0.39 is 17.7 Å². The zero-order chi connectivity index (χ0) is 12.6. The monoisotopic (exact) mass is 245 g/mol. The zero-order valence-corrected chi connectivity index (χ0v) is 8.52. The molecule has 2 rings (SSSR count). The normalized spacial score (nSPS) is 11.8. The lowest BCUT2D eigenvalue weighted by atomic mass is 10.3. The van der Waals surface area contributed by atoms with Gasteiger partial charge in [-0.05, 0) is 12.1 Å². The average molecular weight is 245 g/mol. The Labute approximate surface area is 92.8 Å². The van der Waals surface area contributed by atoms with Crippen LogP contribution in [0.5, 0.6) is 0 Å². The molecule has 0 unspecified atom stereocenters. The summed E-state index contributed by atoms with van der Waals surface area (Å²) < 4.78 is 42.7. The predicted molar refractivity (Wildman–Crippen MR) is 49.3 cm³/mol. The van der Waals surface area contributed by atoms with Gasteiger partial charge in [-0.1, -0.05) is 0 Å². The molecule has 2 aromatic rings. The Kier molecular flexibility index (Phi) is 2.49. The van der Waals surface area contributed by atoms with Gasteiger partial charge in [0.1, 0.15) is 0 Å². The van der Waals surface area contributed by atoms with Crippen molar-refractivity contribution in [2.75, 3.05) is 7.11 Å². The molecule has 0 N–H and O–H groups in total. The molecule has 0 aromatic carbocycles. The number of ether oxygens (including phenoxy) is 1. The lowest BCUT2D eigenvalue weighted by molar-refractivity contribution is -0.137. The van der Waals surface area contributed by atoms with E-state index in [-0.39, 0.29) is 11.5 Å². The molecular formula is C9H6F3N3O2. The van der Waals surface area contributed by atoms with E-state index in [0.717, 1.165) is 29.8 Å². The molecule has 0 aliphatic rings. The fourth-order valence-electron chi connectivity index (χ4n) is 1.29. The molecule has 0 atom stereocenters. The van der Waals surface area contributed by atoms with Gasteiger partial charge in [0.2, 0.25) is 5.82 Å². The first kappa shape index (κ1) is 11.4. The lowest BCUT2D eigenvalue weighted by Gasteiger charge is -2.06. The van der Waals surface area contributed by atoms with Crippen molar-refractivity contribution >= 4 is 11.6 Å². The first-order valence-electron chi connectivity index (χ1n) is 4.44. The number of pyridine rings is 1. The van der Waals surface area contributed by atoms with E-state index in [1.54, 1.807) is 0 Å². The van der Waals surface area contributed by atoms with Crippen LogP contribution in [0.1, 0.15) is 16.2 Å². The van der Waals surface area contributed by atoms with Crippen molar-refractivity contribution in [2.45, 2.75) is 6.18 Å². The number of halogens is 3. The van der Waals surface area contributed by atoms with Crippen LogP contribution in [0.15, 0.2) is 18.3 Å². The van der Waals surface area contributed by atoms with Gasteiger partial charge >= 0.3 is 12.1 Å². The molecule has 0 bridgehead atoms. The maximum atomic E-state index is 12.5. The Morgan fingerprint density at radius 3 is 2.65 bits per heavy atom. The van der Waals surface area contributed by atoms with Crippen LogP contribution in [0.2, 0.25) is 0 Å². The summed E-state index contributed by atoms with van der Waals surface area (Å²) in [7, 11) is 1.11. The van der Waals surface area contributed by atoms with E-state index in [1.165, 1.54) is 0 Å². The van der Waals surface area contributed by atoms with Crippen molar-refractivity contribution in [3.05, 3.63) is 29.7 Å². The number of hydrogen-bond donors (Lipinski definition) is 0. The molecule has 0 aliphatic carbocycles. The third-order valence-electron chi connectivity index (χ3n) is 2.10. The van der Waals surface area contributed by atoms with Crippen molar-refractivity contribution < 1.29 is 22.7 Å². The quantitative estimate of drug-likeness (QED) is 0.715. The second-order valence-corrected chi connectivity index (χ2v) is 3.16. The van der Waals surface area contributed by atoms with Crippen molar-refractivity contribution in [1.29, 1.82) is 0 Å². The molecule has 17 heavy (non-hydrogen) atoms. The highest BCUT2D eigenvalue weighted by Gasteiger charge is 2.31. The van der Waals surface area contributed by atoms with Gasteiger partial charge in [-0.15, -0.1) is 10.2 Å². The SMILES string of the molecule is COC(=O)c1nnc2ccc(C(F)(F)F)cn12. The molecule has 0 saturated carbocycles. The van der Waals surface area contributed by atoms with Crippen molar-refractivity contribution in [3.63, 3.8) is 0 Å². The summed E-state index contributed by atoms with van der Waals surface area (Å²) in [5, 5.41) is 7.02. The summed E-state index contributed by atoms with van der Waals surface area (Å²) in [4.78, 5) is 11.2. The van der Waals surface area contributed by atoms with Gasteiger partial charge in [-0.2, -0.15) is 13.2 Å². The average Bonchev–Trinajstić information content (AvgIpc) is 2.69. The van der Waals surface area contributed by atoms with Gasteiger partial charge < -0.3 is 4.74 Å². The number of hydrogen-bond acceptors (Lipinski definition) is 4. The fourth-order valence-corrected chi connectivity index (χ4v) is 1.29. The van der Waals surface area contributed by atoms with E-state index in [4.69, 9.17) is 0 Å². The molecule has 0 aliphatic heterocycles. The number of methoxy groups -OCH3 is 1. The van der Waals surface area contributed by atoms with Gasteiger partial charge in [0.05, 0.1) is 12.7 Å². The molecule has 8 heteroatoms. The van der Waals surface area contributed by atoms with Crippen LogP contribution in [0.3, 0.4) is 0 Å². The third kappa shape index (κ3) is 1.93. The Bertz CT molecular complexity index is 576. The lowest BCUT2D eigenvalue weighted by Crippen LogP contribution is -2.10. The maximum Gasteiger partial charge on any atom is 0.417 e. The number of carbonyl (C=O) groups is 1. The standard InChI is InChI=1S/C9H6F3N3O2/c1-17-8(16)7-14-13-6-3-2-5(4-15(6)7)9(10,11)12/h2-4H,1H3. The van der Waals surface area contributed by atoms with Crippen molar-refractivity contribution in [2.24, 2.45) is 0 Å². The number of esters is 1. The molecule has 0 amide bonds. The number of nitrogens with zero attached hydrogens (tertiary/aromatic N) is 3. The smallest absolute Gasteiger partial charge is 0.417 e. The molecule has 2 aromatic heterocycles. The molecule has 0 saturated heterocycles. The summed E-state index contributed by atoms with van der Waals surface area (Å²) in [6, 6.07) is 1.99. The van der Waals surface area contributed by atoms with Gasteiger partial charge in [0, 0.05) is 6.20 Å². The third-order valence-corrected chi connectivity index (χ3v) is 2.10. The van der Waals surface area contributed by atoms with Crippen LogP contribution in [0, 0.1) is 0 Å². The van der Waals surface area contributed by atoms with Crippen LogP contribution in [-0.2, 0) is 10.9 Å². The second-order valence-electron chi connectivity index (χ2n) is 3.16. The Morgan fingerprint density at radius 2 is 2.06 bits per heavy atom. The van der Waals surface area contributed by atoms with Crippen LogP contribution < -0.4 is 0 Å². The molecule has 5 nitrogen and oxygen atoms in total. The first-order valence-corrected chi connectivity index (χ1v) is 4.44. The highest BCUT2D eigenvalue weighted by Crippen LogP contribution is 2.29. The first-order chi connectivity index (χ1) is 7.93. The summed E-state index contributed by atoms with van der Waals surface area (Å²) in [5.41, 5.74) is -0.756. The van der Waals surface area contributed by atoms with Crippen molar-refractivity contribution in [1.82, 2.24) is 14.6 Å². The van der Waals surface area contributed by atoms with E-state index in [0.29, 0.717) is 0 Å². The van der Waals surface area contributed by atoms with E-state index >= 15 is 0 Å². The van der Waals surface area contributed by atoms with Crippen LogP contribution in [0.4, 0.5) is 13.2 Å². The van der Waals surface area contributed by atoms with Gasteiger partial charge in [-0.3, -0.25) is 4.40 Å². The highest BCUT2D eigenvalue weighted by molar-refractivity contribution is 5.86. The second kappa shape index (κ2) is 3.72. The Morgan fingerprint density at radius 1 is 1.35 bits per heavy atom. The van der Waals surface area contributed by atoms with E-state index in [2.05, 4.69) is 14.9 Å². The minimum absolute atomic E-state index is 0.137. The number of alkyl halides is 3. The highest BCUT2D eigenvalue weighted by atomic mass is 19.4. The largest absolute Gasteiger partial charge is 0.463 e. The Hall–Kier alpha value is -2.12. The molecule has 0 spiro atoms. The topological polar surface area (TPSA) is 56.5 Å². The molecular weight excluding hydrogens is 239 g/mol. The molecule has 90 valence electrons. The number of rotatable bonds is 1. The minimum Gasteiger partial charge on any atom is -0.463 e. The maximum absolute atomic E-state index is 12.5. The molecule has 0 fully saturated rings.